The smallest absolute Gasteiger partial charge is 0.264 e. The van der Waals surface area contributed by atoms with E-state index in [0.29, 0.717) is 5.39 Å². The number of fused-ring (bicyclic) bond motifs is 1. The molecule has 2 aliphatic rings. The third kappa shape index (κ3) is 4.01. The zero-order valence-electron chi connectivity index (χ0n) is 17.5. The molecule has 0 spiro atoms. The quantitative estimate of drug-likeness (QED) is 0.695. The molecule has 1 saturated carbocycles. The summed E-state index contributed by atoms with van der Waals surface area (Å²) in [4.78, 5) is 27.4. The fraction of sp³-hybridized carbons (Fsp3) is 0.682. The molecule has 8 heteroatoms. The van der Waals surface area contributed by atoms with Crippen molar-refractivity contribution in [1.82, 2.24) is 19.2 Å². The zero-order valence-corrected chi connectivity index (χ0v) is 17.5. The van der Waals surface area contributed by atoms with Crippen molar-refractivity contribution >= 4 is 16.9 Å². The highest BCUT2D eigenvalue weighted by Crippen LogP contribution is 2.32. The predicted octanol–water partition coefficient (Wildman–Crippen LogP) is 4.43. The molecular formula is C22H30F2N4O2. The monoisotopic (exact) mass is 420 g/mol. The minimum Gasteiger partial charge on any atom is -0.340 e. The first-order valence-electron chi connectivity index (χ1n) is 11.2. The minimum atomic E-state index is -2.74. The van der Waals surface area contributed by atoms with E-state index < -0.39 is 12.0 Å². The molecule has 1 atom stereocenters. The highest BCUT2D eigenvalue weighted by atomic mass is 19.3. The van der Waals surface area contributed by atoms with Gasteiger partial charge in [0.15, 0.2) is 5.65 Å². The molecule has 2 fully saturated rings. The predicted molar refractivity (Wildman–Crippen MR) is 111 cm³/mol. The van der Waals surface area contributed by atoms with Crippen molar-refractivity contribution in [3.8, 4) is 0 Å². The fourth-order valence-electron chi connectivity index (χ4n) is 5.04. The Bertz CT molecular complexity index is 962. The molecule has 30 heavy (non-hydrogen) atoms. The van der Waals surface area contributed by atoms with Crippen LogP contribution in [0.4, 0.5) is 8.78 Å². The van der Waals surface area contributed by atoms with Gasteiger partial charge in [0, 0.05) is 48.8 Å². The second-order valence-corrected chi connectivity index (χ2v) is 8.57. The maximum Gasteiger partial charge on any atom is 0.264 e. The van der Waals surface area contributed by atoms with E-state index >= 15 is 0 Å². The molecule has 1 saturated heterocycles. The van der Waals surface area contributed by atoms with Gasteiger partial charge >= 0.3 is 0 Å². The molecule has 3 heterocycles. The summed E-state index contributed by atoms with van der Waals surface area (Å²) in [6.07, 6.45) is 7.29. The molecule has 0 unspecified atom stereocenters. The van der Waals surface area contributed by atoms with E-state index in [4.69, 9.17) is 0 Å². The summed E-state index contributed by atoms with van der Waals surface area (Å²) in [5.74, 6) is 0.0229. The van der Waals surface area contributed by atoms with E-state index in [9.17, 15) is 18.4 Å². The topological polar surface area (TPSA) is 60.1 Å². The molecule has 164 valence electrons. The molecular weight excluding hydrogens is 390 g/mol. The number of nitrogens with zero attached hydrogens (tertiary/aromatic N) is 4. The van der Waals surface area contributed by atoms with Crippen LogP contribution in [0.2, 0.25) is 0 Å². The van der Waals surface area contributed by atoms with Gasteiger partial charge in [0.2, 0.25) is 5.91 Å². The van der Waals surface area contributed by atoms with Gasteiger partial charge in [-0.2, -0.15) is 5.10 Å². The summed E-state index contributed by atoms with van der Waals surface area (Å²) in [7, 11) is 0. The minimum absolute atomic E-state index is 0.0229. The summed E-state index contributed by atoms with van der Waals surface area (Å²) in [6, 6.07) is 1.45. The first-order chi connectivity index (χ1) is 14.5. The number of likely N-dealkylation sites (tertiary alicyclic amines) is 1. The number of amides is 1. The molecule has 2 aromatic rings. The summed E-state index contributed by atoms with van der Waals surface area (Å²) in [6.45, 7) is 3.00. The lowest BCUT2D eigenvalue weighted by atomic mass is 9.99. The number of alkyl halides is 2. The van der Waals surface area contributed by atoms with Crippen molar-refractivity contribution in [2.45, 2.75) is 89.8 Å². The van der Waals surface area contributed by atoms with Gasteiger partial charge < -0.3 is 4.90 Å². The number of hydrogen-bond acceptors (Lipinski definition) is 3. The lowest BCUT2D eigenvalue weighted by molar-refractivity contribution is -0.135. The van der Waals surface area contributed by atoms with Crippen molar-refractivity contribution in [3.05, 3.63) is 28.2 Å². The van der Waals surface area contributed by atoms with Crippen LogP contribution in [0.1, 0.15) is 82.7 Å². The maximum absolute atomic E-state index is 13.6. The standard InChI is InChI=1S/C22H30F2N4O2/c1-2-15-7-5-6-11-26(15)19(29)10-12-27-20(30)13-17(21(23)24)18-14-28(25-22(18)27)16-8-3-4-9-16/h13-16,21H,2-12H2,1H3/t15-/m1/s1. The lowest BCUT2D eigenvalue weighted by Crippen LogP contribution is -2.43. The van der Waals surface area contributed by atoms with Crippen LogP contribution >= 0.6 is 0 Å². The van der Waals surface area contributed by atoms with E-state index in [1.165, 1.54) is 4.57 Å². The molecule has 0 aromatic carbocycles. The number of rotatable bonds is 6. The van der Waals surface area contributed by atoms with E-state index in [2.05, 4.69) is 12.0 Å². The molecule has 6 nitrogen and oxygen atoms in total. The number of piperidine rings is 1. The van der Waals surface area contributed by atoms with Crippen LogP contribution < -0.4 is 5.56 Å². The van der Waals surface area contributed by atoms with E-state index in [1.54, 1.807) is 10.9 Å². The molecule has 0 N–H and O–H groups in total. The highest BCUT2D eigenvalue weighted by molar-refractivity contribution is 5.80. The number of hydrogen-bond donors (Lipinski definition) is 0. The number of aromatic nitrogens is 3. The summed E-state index contributed by atoms with van der Waals surface area (Å²) >= 11 is 0. The average Bonchev–Trinajstić information content (AvgIpc) is 3.42. The van der Waals surface area contributed by atoms with Crippen molar-refractivity contribution in [3.63, 3.8) is 0 Å². The van der Waals surface area contributed by atoms with E-state index in [1.807, 2.05) is 4.90 Å². The van der Waals surface area contributed by atoms with Crippen molar-refractivity contribution < 1.29 is 13.6 Å². The third-order valence-electron chi connectivity index (χ3n) is 6.73. The second-order valence-electron chi connectivity index (χ2n) is 8.57. The number of pyridine rings is 1. The van der Waals surface area contributed by atoms with Crippen LogP contribution in [0.3, 0.4) is 0 Å². The number of carbonyl (C=O) groups excluding carboxylic acids is 1. The molecule has 0 bridgehead atoms. The first kappa shape index (κ1) is 21.0. The Morgan fingerprint density at radius 2 is 1.93 bits per heavy atom. The summed E-state index contributed by atoms with van der Waals surface area (Å²) in [5.41, 5.74) is -0.528. The Labute approximate surface area is 174 Å². The number of halogens is 2. The zero-order chi connectivity index (χ0) is 21.3. The lowest BCUT2D eigenvalue weighted by Gasteiger charge is -2.35. The Hall–Kier alpha value is -2.25. The van der Waals surface area contributed by atoms with Gasteiger partial charge in [-0.05, 0) is 38.5 Å². The molecule has 2 aromatic heterocycles. The van der Waals surface area contributed by atoms with Gasteiger partial charge in [0.25, 0.3) is 12.0 Å². The van der Waals surface area contributed by atoms with Gasteiger partial charge in [-0.25, -0.2) is 8.78 Å². The van der Waals surface area contributed by atoms with Crippen molar-refractivity contribution in [1.29, 1.82) is 0 Å². The van der Waals surface area contributed by atoms with Gasteiger partial charge in [0.05, 0.1) is 6.04 Å². The molecule has 1 amide bonds. The van der Waals surface area contributed by atoms with Crippen LogP contribution in [-0.2, 0) is 11.3 Å². The highest BCUT2D eigenvalue weighted by Gasteiger charge is 2.26. The molecule has 1 aliphatic heterocycles. The van der Waals surface area contributed by atoms with Gasteiger partial charge in [-0.15, -0.1) is 0 Å². The Morgan fingerprint density at radius 3 is 2.63 bits per heavy atom. The maximum atomic E-state index is 13.6. The van der Waals surface area contributed by atoms with Crippen LogP contribution in [0.25, 0.3) is 11.0 Å². The summed E-state index contributed by atoms with van der Waals surface area (Å²) < 4.78 is 30.3. The normalized spacial score (nSPS) is 20.5. The van der Waals surface area contributed by atoms with Crippen LogP contribution in [-0.4, -0.2) is 37.7 Å². The average molecular weight is 421 g/mol. The molecule has 1 aliphatic carbocycles. The van der Waals surface area contributed by atoms with Crippen molar-refractivity contribution in [2.24, 2.45) is 0 Å². The van der Waals surface area contributed by atoms with Gasteiger partial charge in [-0.3, -0.25) is 18.8 Å². The summed E-state index contributed by atoms with van der Waals surface area (Å²) in [5, 5.41) is 4.85. The van der Waals surface area contributed by atoms with Crippen LogP contribution in [0, 0.1) is 0 Å². The number of carbonyl (C=O) groups is 1. The Balaban J connectivity index is 1.63. The van der Waals surface area contributed by atoms with E-state index in [0.717, 1.165) is 64.0 Å². The second kappa shape index (κ2) is 8.86. The largest absolute Gasteiger partial charge is 0.340 e. The molecule has 4 rings (SSSR count). The fourth-order valence-corrected chi connectivity index (χ4v) is 5.04. The van der Waals surface area contributed by atoms with Gasteiger partial charge in [0.1, 0.15) is 0 Å². The Kier molecular flexibility index (Phi) is 6.20. The third-order valence-corrected chi connectivity index (χ3v) is 6.73. The van der Waals surface area contributed by atoms with Crippen molar-refractivity contribution in [2.75, 3.05) is 6.54 Å². The number of aryl methyl sites for hydroxylation is 1. The Morgan fingerprint density at radius 1 is 1.20 bits per heavy atom. The SMILES string of the molecule is CC[C@@H]1CCCCN1C(=O)CCn1c(=O)cc(C(F)F)c2cn(C3CCCC3)nc21. The first-order valence-corrected chi connectivity index (χ1v) is 11.2. The van der Waals surface area contributed by atoms with Gasteiger partial charge in [-0.1, -0.05) is 19.8 Å². The van der Waals surface area contributed by atoms with Crippen LogP contribution in [0.15, 0.2) is 17.1 Å². The molecule has 0 radical (unpaired) electrons. The van der Waals surface area contributed by atoms with Crippen LogP contribution in [0.5, 0.6) is 0 Å². The van der Waals surface area contributed by atoms with E-state index in [-0.39, 0.29) is 42.2 Å².